The molecule has 0 saturated carbocycles. The van der Waals surface area contributed by atoms with Crippen LogP contribution in [0.25, 0.3) is 17.3 Å². The molecule has 3 aromatic rings. The number of methoxy groups -OCH3 is 1. The zero-order chi connectivity index (χ0) is 20.8. The quantitative estimate of drug-likeness (QED) is 0.612. The van der Waals surface area contributed by atoms with Crippen molar-refractivity contribution >= 4 is 34.9 Å². The summed E-state index contributed by atoms with van der Waals surface area (Å²) in [6.07, 6.45) is 2.50. The van der Waals surface area contributed by atoms with E-state index in [1.165, 1.54) is 17.9 Å². The first kappa shape index (κ1) is 19.9. The first-order chi connectivity index (χ1) is 14.0. The molecule has 0 radical (unpaired) electrons. The molecule has 2 aromatic heterocycles. The number of carbonyl (C=O) groups excluding carboxylic acids is 2. The normalized spacial score (nSPS) is 12.2. The third-order valence-corrected chi connectivity index (χ3v) is 4.94. The van der Waals surface area contributed by atoms with Gasteiger partial charge in [0.1, 0.15) is 21.0 Å². The first-order valence-corrected chi connectivity index (χ1v) is 9.18. The molecule has 29 heavy (non-hydrogen) atoms. The van der Waals surface area contributed by atoms with Crippen LogP contribution in [0.5, 0.6) is 0 Å². The van der Waals surface area contributed by atoms with E-state index in [2.05, 4.69) is 10.1 Å². The molecular formula is C20H15N3O5S. The molecule has 0 unspecified atom stereocenters. The van der Waals surface area contributed by atoms with E-state index in [1.807, 2.05) is 6.07 Å². The van der Waals surface area contributed by atoms with Crippen molar-refractivity contribution < 1.29 is 18.7 Å². The summed E-state index contributed by atoms with van der Waals surface area (Å²) in [4.78, 5) is 37.1. The van der Waals surface area contributed by atoms with Gasteiger partial charge < -0.3 is 14.5 Å². The molecule has 3 rings (SSSR count). The van der Waals surface area contributed by atoms with E-state index in [4.69, 9.17) is 4.42 Å². The van der Waals surface area contributed by atoms with Crippen LogP contribution in [0.15, 0.2) is 57.9 Å². The predicted molar refractivity (Wildman–Crippen MR) is 105 cm³/mol. The number of amides is 1. The molecule has 0 atom stereocenters. The highest BCUT2D eigenvalue weighted by Crippen LogP contribution is 2.04. The maximum absolute atomic E-state index is 12.9. The summed E-state index contributed by atoms with van der Waals surface area (Å²) in [7, 11) is 1.19. The van der Waals surface area contributed by atoms with E-state index in [1.54, 1.807) is 42.5 Å². The number of nitrogens with zero attached hydrogens (tertiary/aromatic N) is 2. The fourth-order valence-electron chi connectivity index (χ4n) is 2.49. The molecule has 9 heteroatoms. The minimum atomic E-state index is -0.712. The van der Waals surface area contributed by atoms with Crippen LogP contribution in [0, 0.1) is 11.3 Å². The third kappa shape index (κ3) is 4.34. The molecule has 2 heterocycles. The van der Waals surface area contributed by atoms with Crippen LogP contribution in [0.4, 0.5) is 0 Å². The number of benzene rings is 1. The van der Waals surface area contributed by atoms with Crippen LogP contribution in [0.3, 0.4) is 0 Å². The van der Waals surface area contributed by atoms with Gasteiger partial charge in [-0.3, -0.25) is 14.2 Å². The van der Waals surface area contributed by atoms with E-state index in [9.17, 15) is 19.6 Å². The van der Waals surface area contributed by atoms with Crippen molar-refractivity contribution in [1.82, 2.24) is 9.88 Å². The highest BCUT2D eigenvalue weighted by Gasteiger charge is 2.17. The summed E-state index contributed by atoms with van der Waals surface area (Å²) in [5.74, 6) is -0.864. The van der Waals surface area contributed by atoms with Crippen LogP contribution < -0.4 is 20.1 Å². The smallest absolute Gasteiger partial charge is 0.332 e. The number of aromatic nitrogens is 1. The van der Waals surface area contributed by atoms with Gasteiger partial charge in [-0.1, -0.05) is 18.2 Å². The van der Waals surface area contributed by atoms with Crippen LogP contribution >= 0.6 is 11.3 Å². The molecule has 1 amide bonds. The number of carbonyl (C=O) groups is 2. The van der Waals surface area contributed by atoms with Gasteiger partial charge in [0.15, 0.2) is 5.57 Å². The molecule has 0 saturated heterocycles. The van der Waals surface area contributed by atoms with Crippen molar-refractivity contribution in [2.45, 2.75) is 6.54 Å². The Labute approximate surface area is 168 Å². The summed E-state index contributed by atoms with van der Waals surface area (Å²) in [5.41, 5.74) is -0.333. The number of para-hydroxylation sites is 1. The summed E-state index contributed by atoms with van der Waals surface area (Å²) in [5, 5.41) is 12.2. The van der Waals surface area contributed by atoms with Crippen LogP contribution in [-0.2, 0) is 20.9 Å². The number of thiazole rings is 1. The maximum Gasteiger partial charge on any atom is 0.332 e. The van der Waals surface area contributed by atoms with Gasteiger partial charge in [-0.2, -0.15) is 5.26 Å². The zero-order valence-electron chi connectivity index (χ0n) is 15.2. The average Bonchev–Trinajstić information content (AvgIpc) is 3.36. The van der Waals surface area contributed by atoms with Gasteiger partial charge in [0.2, 0.25) is 0 Å². The van der Waals surface area contributed by atoms with Gasteiger partial charge in [-0.05, 0) is 24.3 Å². The Morgan fingerprint density at radius 2 is 2.03 bits per heavy atom. The van der Waals surface area contributed by atoms with Crippen molar-refractivity contribution in [1.29, 1.82) is 5.26 Å². The van der Waals surface area contributed by atoms with Crippen molar-refractivity contribution in [3.63, 3.8) is 0 Å². The molecule has 0 bridgehead atoms. The summed E-state index contributed by atoms with van der Waals surface area (Å²) < 4.78 is 11.1. The lowest BCUT2D eigenvalue weighted by Gasteiger charge is -2.04. The average molecular weight is 409 g/mol. The number of esters is 1. The number of ether oxygens (including phenoxy) is 1. The number of rotatable bonds is 5. The van der Waals surface area contributed by atoms with Gasteiger partial charge in [0, 0.05) is 6.08 Å². The highest BCUT2D eigenvalue weighted by molar-refractivity contribution is 7.07. The Morgan fingerprint density at radius 3 is 2.66 bits per heavy atom. The standard InChI is InChI=1S/C20H15N3O5S/c1-27-17(24)10-16-19(26)23(13-6-3-2-4-7-13)20(29-16)15(11-21)18(25)22-12-14-8-5-9-28-14/h2-10H,12H2,1H3,(H,22,25). The summed E-state index contributed by atoms with van der Waals surface area (Å²) >= 11 is 0.859. The van der Waals surface area contributed by atoms with E-state index in [-0.39, 0.29) is 21.3 Å². The predicted octanol–water partition coefficient (Wildman–Crippen LogP) is 0.436. The number of furan rings is 1. The van der Waals surface area contributed by atoms with Crippen molar-refractivity contribution in [3.05, 3.63) is 74.0 Å². The zero-order valence-corrected chi connectivity index (χ0v) is 16.1. The van der Waals surface area contributed by atoms with E-state index in [0.717, 1.165) is 17.4 Å². The number of nitriles is 1. The Hall–Kier alpha value is -3.90. The molecule has 1 N–H and O–H groups in total. The Balaban J connectivity index is 2.19. The molecule has 0 aliphatic rings. The monoisotopic (exact) mass is 409 g/mol. The Morgan fingerprint density at radius 1 is 1.28 bits per heavy atom. The number of nitrogens with one attached hydrogen (secondary N) is 1. The molecular weight excluding hydrogens is 394 g/mol. The van der Waals surface area contributed by atoms with Crippen LogP contribution in [0.1, 0.15) is 5.76 Å². The van der Waals surface area contributed by atoms with E-state index < -0.39 is 17.4 Å². The topological polar surface area (TPSA) is 114 Å². The van der Waals surface area contributed by atoms with Gasteiger partial charge in [-0.15, -0.1) is 11.3 Å². The SMILES string of the molecule is COC(=O)C=c1sc(=C(C#N)C(=O)NCc2ccco2)n(-c2ccccc2)c1=O. The fraction of sp³-hybridized carbons (Fsp3) is 0.100. The van der Waals surface area contributed by atoms with Gasteiger partial charge in [0.25, 0.3) is 11.5 Å². The molecule has 0 spiro atoms. The minimum Gasteiger partial charge on any atom is -0.467 e. The molecule has 1 aromatic carbocycles. The lowest BCUT2D eigenvalue weighted by molar-refractivity contribution is -0.133. The Bertz CT molecular complexity index is 1250. The minimum absolute atomic E-state index is 0.0438. The second-order valence-corrected chi connectivity index (χ2v) is 6.69. The lowest BCUT2D eigenvalue weighted by atomic mass is 10.2. The van der Waals surface area contributed by atoms with Crippen LogP contribution in [0.2, 0.25) is 0 Å². The molecule has 8 nitrogen and oxygen atoms in total. The van der Waals surface area contributed by atoms with Crippen molar-refractivity contribution in [2.24, 2.45) is 0 Å². The summed E-state index contributed by atoms with van der Waals surface area (Å²) in [6.45, 7) is 0.0824. The molecule has 146 valence electrons. The maximum atomic E-state index is 12.9. The van der Waals surface area contributed by atoms with Gasteiger partial charge in [-0.25, -0.2) is 4.79 Å². The van der Waals surface area contributed by atoms with E-state index >= 15 is 0 Å². The second kappa shape index (κ2) is 8.86. The number of hydrogen-bond acceptors (Lipinski definition) is 7. The second-order valence-electron chi connectivity index (χ2n) is 5.66. The van der Waals surface area contributed by atoms with Gasteiger partial charge in [0.05, 0.1) is 25.6 Å². The third-order valence-electron chi connectivity index (χ3n) is 3.84. The fourth-order valence-corrected chi connectivity index (χ4v) is 3.55. The number of hydrogen-bond donors (Lipinski definition) is 1. The largest absolute Gasteiger partial charge is 0.467 e. The van der Waals surface area contributed by atoms with Crippen LogP contribution in [-0.4, -0.2) is 23.6 Å². The van der Waals surface area contributed by atoms with Crippen molar-refractivity contribution in [3.8, 4) is 11.8 Å². The molecule has 0 fully saturated rings. The first-order valence-electron chi connectivity index (χ1n) is 8.37. The lowest BCUT2D eigenvalue weighted by Crippen LogP contribution is -2.34. The summed E-state index contributed by atoms with van der Waals surface area (Å²) in [6, 6.07) is 13.8. The molecule has 0 aliphatic carbocycles. The Kier molecular flexibility index (Phi) is 6.06. The van der Waals surface area contributed by atoms with Gasteiger partial charge >= 0.3 is 5.97 Å². The highest BCUT2D eigenvalue weighted by atomic mass is 32.1. The van der Waals surface area contributed by atoms with E-state index in [0.29, 0.717) is 11.4 Å². The van der Waals surface area contributed by atoms with Crippen molar-refractivity contribution in [2.75, 3.05) is 7.11 Å². The molecule has 0 aliphatic heterocycles.